The van der Waals surface area contributed by atoms with Gasteiger partial charge in [0.2, 0.25) is 0 Å². The molecule has 0 fully saturated rings. The van der Waals surface area contributed by atoms with E-state index in [-0.39, 0.29) is 6.29 Å². The number of aromatic nitrogens is 1. The van der Waals surface area contributed by atoms with Gasteiger partial charge in [-0.1, -0.05) is 13.3 Å². The minimum absolute atomic E-state index is 0.114. The fraction of sp³-hybridized carbons (Fsp3) is 0.643. The summed E-state index contributed by atoms with van der Waals surface area (Å²) in [6.45, 7) is 7.79. The molecule has 0 saturated carbocycles. The Hall–Kier alpha value is -1.13. The molecule has 1 atom stereocenters. The molecule has 0 radical (unpaired) electrons. The van der Waals surface area contributed by atoms with Gasteiger partial charge in [0.25, 0.3) is 0 Å². The summed E-state index contributed by atoms with van der Waals surface area (Å²) in [6, 6.07) is 0. The molecule has 0 N–H and O–H groups in total. The Balaban J connectivity index is 2.23. The maximum Gasteiger partial charge on any atom is 0.158 e. The predicted molar refractivity (Wildman–Crippen MR) is 68.4 cm³/mol. The van der Waals surface area contributed by atoms with Gasteiger partial charge in [-0.15, -0.1) is 0 Å². The van der Waals surface area contributed by atoms with Crippen LogP contribution in [0.3, 0.4) is 0 Å². The monoisotopic (exact) mass is 251 g/mol. The van der Waals surface area contributed by atoms with Crippen molar-refractivity contribution in [2.75, 3.05) is 6.61 Å². The lowest BCUT2D eigenvalue weighted by Gasteiger charge is -2.14. The van der Waals surface area contributed by atoms with Gasteiger partial charge < -0.3 is 14.2 Å². The molecular formula is C14H21NO3. The molecule has 1 aromatic heterocycles. The van der Waals surface area contributed by atoms with E-state index in [0.29, 0.717) is 19.8 Å². The average Bonchev–Trinajstić information content (AvgIpc) is 2.57. The Morgan fingerprint density at radius 2 is 2.11 bits per heavy atom. The normalized spacial score (nSPS) is 19.2. The second-order valence-corrected chi connectivity index (χ2v) is 4.45. The second kappa shape index (κ2) is 6.16. The molecule has 1 aromatic rings. The Kier molecular flexibility index (Phi) is 4.55. The first-order valence-corrected chi connectivity index (χ1v) is 6.59. The number of ether oxygens (including phenoxy) is 3. The van der Waals surface area contributed by atoms with Crippen LogP contribution in [0.1, 0.15) is 43.5 Å². The summed E-state index contributed by atoms with van der Waals surface area (Å²) >= 11 is 0. The van der Waals surface area contributed by atoms with Crippen molar-refractivity contribution in [3.05, 3.63) is 23.0 Å². The van der Waals surface area contributed by atoms with Gasteiger partial charge in [0.05, 0.1) is 25.5 Å². The standard InChI is InChI=1S/C14H21NO3/c1-4-6-13-17-8-11-7-15-10(3)14(16-5-2)12(11)9-18-13/h7,13H,4-6,8-9H2,1-3H3. The highest BCUT2D eigenvalue weighted by Crippen LogP contribution is 2.30. The van der Waals surface area contributed by atoms with Crippen molar-refractivity contribution in [2.24, 2.45) is 0 Å². The van der Waals surface area contributed by atoms with Gasteiger partial charge >= 0.3 is 0 Å². The number of hydrogen-bond acceptors (Lipinski definition) is 4. The minimum Gasteiger partial charge on any atom is -0.492 e. The number of hydrogen-bond donors (Lipinski definition) is 0. The highest BCUT2D eigenvalue weighted by atomic mass is 16.7. The molecule has 0 aromatic carbocycles. The minimum atomic E-state index is -0.114. The molecule has 1 aliphatic heterocycles. The zero-order valence-electron chi connectivity index (χ0n) is 11.4. The molecule has 1 aliphatic rings. The van der Waals surface area contributed by atoms with Crippen molar-refractivity contribution in [3.63, 3.8) is 0 Å². The number of nitrogens with zero attached hydrogens (tertiary/aromatic N) is 1. The third-order valence-electron chi connectivity index (χ3n) is 3.06. The van der Waals surface area contributed by atoms with Crippen LogP contribution in [0.25, 0.3) is 0 Å². The lowest BCUT2D eigenvalue weighted by atomic mass is 10.1. The Labute approximate surface area is 108 Å². The highest BCUT2D eigenvalue weighted by Gasteiger charge is 2.21. The SMILES string of the molecule is CCCC1OCc2cnc(C)c(OCC)c2CO1. The van der Waals surface area contributed by atoms with E-state index in [0.717, 1.165) is 35.4 Å². The molecule has 18 heavy (non-hydrogen) atoms. The molecule has 0 saturated heterocycles. The van der Waals surface area contributed by atoms with Crippen molar-refractivity contribution < 1.29 is 14.2 Å². The van der Waals surface area contributed by atoms with Crippen LogP contribution >= 0.6 is 0 Å². The van der Waals surface area contributed by atoms with Crippen molar-refractivity contribution in [3.8, 4) is 5.75 Å². The van der Waals surface area contributed by atoms with Crippen LogP contribution in [0.15, 0.2) is 6.20 Å². The largest absolute Gasteiger partial charge is 0.492 e. The molecule has 0 aliphatic carbocycles. The molecule has 100 valence electrons. The topological polar surface area (TPSA) is 40.6 Å². The van der Waals surface area contributed by atoms with Crippen LogP contribution in [0.5, 0.6) is 5.75 Å². The van der Waals surface area contributed by atoms with Crippen LogP contribution in [-0.2, 0) is 22.7 Å². The van der Waals surface area contributed by atoms with Crippen molar-refractivity contribution >= 4 is 0 Å². The smallest absolute Gasteiger partial charge is 0.158 e. The second-order valence-electron chi connectivity index (χ2n) is 4.45. The number of pyridine rings is 1. The van der Waals surface area contributed by atoms with Gasteiger partial charge in [0, 0.05) is 17.3 Å². The first kappa shape index (κ1) is 13.3. The first-order valence-electron chi connectivity index (χ1n) is 6.59. The molecule has 0 bridgehead atoms. The highest BCUT2D eigenvalue weighted by molar-refractivity contribution is 5.41. The van der Waals surface area contributed by atoms with Crippen LogP contribution in [-0.4, -0.2) is 17.9 Å². The molecule has 0 amide bonds. The van der Waals surface area contributed by atoms with Gasteiger partial charge in [-0.05, 0) is 20.3 Å². The van der Waals surface area contributed by atoms with E-state index in [9.17, 15) is 0 Å². The Bertz CT molecular complexity index is 406. The summed E-state index contributed by atoms with van der Waals surface area (Å²) in [7, 11) is 0. The maximum atomic E-state index is 5.78. The third kappa shape index (κ3) is 2.82. The zero-order chi connectivity index (χ0) is 13.0. The number of fused-ring (bicyclic) bond motifs is 1. The molecule has 2 heterocycles. The summed E-state index contributed by atoms with van der Waals surface area (Å²) in [6.07, 6.45) is 3.73. The quantitative estimate of drug-likeness (QED) is 0.825. The predicted octanol–water partition coefficient (Wildman–Crippen LogP) is 2.96. The molecule has 2 rings (SSSR count). The van der Waals surface area contributed by atoms with E-state index in [1.165, 1.54) is 0 Å². The molecule has 4 nitrogen and oxygen atoms in total. The van der Waals surface area contributed by atoms with E-state index in [4.69, 9.17) is 14.2 Å². The summed E-state index contributed by atoms with van der Waals surface area (Å²) in [5.41, 5.74) is 3.07. The van der Waals surface area contributed by atoms with Gasteiger partial charge in [-0.25, -0.2) is 0 Å². The van der Waals surface area contributed by atoms with E-state index in [1.807, 2.05) is 20.0 Å². The zero-order valence-corrected chi connectivity index (χ0v) is 11.4. The summed E-state index contributed by atoms with van der Waals surface area (Å²) < 4.78 is 17.2. The summed E-state index contributed by atoms with van der Waals surface area (Å²) in [5.74, 6) is 0.857. The number of rotatable bonds is 4. The first-order chi connectivity index (χ1) is 8.76. The number of aryl methyl sites for hydroxylation is 1. The van der Waals surface area contributed by atoms with Gasteiger partial charge in [-0.2, -0.15) is 0 Å². The van der Waals surface area contributed by atoms with E-state index in [1.54, 1.807) is 0 Å². The fourth-order valence-corrected chi connectivity index (χ4v) is 2.10. The molecular weight excluding hydrogens is 230 g/mol. The van der Waals surface area contributed by atoms with Gasteiger partial charge in [-0.3, -0.25) is 4.98 Å². The Morgan fingerprint density at radius 3 is 2.83 bits per heavy atom. The fourth-order valence-electron chi connectivity index (χ4n) is 2.10. The van der Waals surface area contributed by atoms with Crippen molar-refractivity contribution in [1.82, 2.24) is 4.98 Å². The average molecular weight is 251 g/mol. The molecule has 4 heteroatoms. The molecule has 0 spiro atoms. The van der Waals surface area contributed by atoms with Gasteiger partial charge in [0.15, 0.2) is 6.29 Å². The van der Waals surface area contributed by atoms with Crippen LogP contribution in [0, 0.1) is 6.92 Å². The summed E-state index contributed by atoms with van der Waals surface area (Å²) in [4.78, 5) is 4.36. The van der Waals surface area contributed by atoms with E-state index < -0.39 is 0 Å². The van der Waals surface area contributed by atoms with E-state index >= 15 is 0 Å². The third-order valence-corrected chi connectivity index (χ3v) is 3.06. The van der Waals surface area contributed by atoms with Crippen molar-refractivity contribution in [1.29, 1.82) is 0 Å². The summed E-state index contributed by atoms with van der Waals surface area (Å²) in [5, 5.41) is 0. The van der Waals surface area contributed by atoms with Crippen LogP contribution in [0.2, 0.25) is 0 Å². The van der Waals surface area contributed by atoms with Crippen LogP contribution < -0.4 is 4.74 Å². The van der Waals surface area contributed by atoms with Gasteiger partial charge in [0.1, 0.15) is 5.75 Å². The Morgan fingerprint density at radius 1 is 1.33 bits per heavy atom. The lowest BCUT2D eigenvalue weighted by molar-refractivity contribution is -0.152. The van der Waals surface area contributed by atoms with E-state index in [2.05, 4.69) is 11.9 Å². The maximum absolute atomic E-state index is 5.78. The van der Waals surface area contributed by atoms with Crippen LogP contribution in [0.4, 0.5) is 0 Å². The molecule has 1 unspecified atom stereocenters. The van der Waals surface area contributed by atoms with Crippen molar-refractivity contribution in [2.45, 2.75) is 53.1 Å². The lowest BCUT2D eigenvalue weighted by Crippen LogP contribution is -2.13.